The van der Waals surface area contributed by atoms with E-state index in [1.807, 2.05) is 19.1 Å². The highest BCUT2D eigenvalue weighted by atomic mass is 32.2. The van der Waals surface area contributed by atoms with Crippen LogP contribution < -0.4 is 0 Å². The molecular formula is C23H16N2O5S. The third-order valence-corrected chi connectivity index (χ3v) is 6.89. The maximum Gasteiger partial charge on any atom is 0.371 e. The van der Waals surface area contributed by atoms with Gasteiger partial charge in [-0.05, 0) is 43.3 Å². The second-order valence-electron chi connectivity index (χ2n) is 7.12. The number of pyridine rings is 1. The van der Waals surface area contributed by atoms with E-state index in [2.05, 4.69) is 4.98 Å². The van der Waals surface area contributed by atoms with Crippen LogP contribution in [0.3, 0.4) is 0 Å². The summed E-state index contributed by atoms with van der Waals surface area (Å²) in [5, 5.41) is 10.4. The molecule has 0 saturated carbocycles. The number of rotatable bonds is 4. The van der Waals surface area contributed by atoms with E-state index in [0.717, 1.165) is 5.56 Å². The molecule has 0 aliphatic heterocycles. The molecule has 0 spiro atoms. The Bertz CT molecular complexity index is 1580. The monoisotopic (exact) mass is 432 g/mol. The molecule has 7 nitrogen and oxygen atoms in total. The van der Waals surface area contributed by atoms with Gasteiger partial charge in [-0.1, -0.05) is 35.9 Å². The Hall–Kier alpha value is -3.91. The summed E-state index contributed by atoms with van der Waals surface area (Å²) >= 11 is 0. The van der Waals surface area contributed by atoms with E-state index >= 15 is 0 Å². The summed E-state index contributed by atoms with van der Waals surface area (Å²) < 4.78 is 34.0. The van der Waals surface area contributed by atoms with Crippen molar-refractivity contribution >= 4 is 37.8 Å². The summed E-state index contributed by atoms with van der Waals surface area (Å²) in [4.78, 5) is 15.8. The first-order valence-corrected chi connectivity index (χ1v) is 10.9. The smallest absolute Gasteiger partial charge is 0.371 e. The van der Waals surface area contributed by atoms with Crippen LogP contribution >= 0.6 is 0 Å². The highest BCUT2D eigenvalue weighted by molar-refractivity contribution is 7.90. The number of aromatic carboxylic acids is 1. The van der Waals surface area contributed by atoms with Crippen LogP contribution in [0.25, 0.3) is 33.3 Å². The van der Waals surface area contributed by atoms with Crippen molar-refractivity contribution in [3.63, 3.8) is 0 Å². The summed E-state index contributed by atoms with van der Waals surface area (Å²) in [6.07, 6.45) is 1.49. The topological polar surface area (TPSA) is 102 Å². The number of carboxylic acid groups (broad SMARTS) is 1. The van der Waals surface area contributed by atoms with Crippen molar-refractivity contribution in [2.75, 3.05) is 0 Å². The number of carbonyl (C=O) groups is 1. The molecule has 8 heteroatoms. The molecule has 0 amide bonds. The molecule has 0 aliphatic carbocycles. The van der Waals surface area contributed by atoms with E-state index in [1.165, 1.54) is 22.3 Å². The minimum atomic E-state index is -3.91. The van der Waals surface area contributed by atoms with Gasteiger partial charge < -0.3 is 9.52 Å². The Labute approximate surface area is 177 Å². The molecule has 3 heterocycles. The lowest BCUT2D eigenvalue weighted by molar-refractivity contribution is 0.0663. The first-order chi connectivity index (χ1) is 14.9. The van der Waals surface area contributed by atoms with Gasteiger partial charge in [0.2, 0.25) is 5.76 Å². The van der Waals surface area contributed by atoms with Crippen LogP contribution in [0.5, 0.6) is 0 Å². The summed E-state index contributed by atoms with van der Waals surface area (Å²) in [5.74, 6) is -1.16. The molecule has 2 aromatic carbocycles. The largest absolute Gasteiger partial charge is 0.475 e. The number of benzene rings is 2. The molecule has 31 heavy (non-hydrogen) atoms. The van der Waals surface area contributed by atoms with Crippen molar-refractivity contribution in [2.45, 2.75) is 11.8 Å². The molecule has 0 saturated heterocycles. The third kappa shape index (κ3) is 2.91. The standard InChI is InChI=1S/C23H16N2O5S/c1-14-6-8-15(9-7-14)31(28,29)25-17-5-3-2-4-16(17)21-18(25)12-13-24-22(21)19-10-11-20(30-19)23(26)27/h2-13H,1H3,(H,26,27). The van der Waals surface area contributed by atoms with E-state index < -0.39 is 16.0 Å². The van der Waals surface area contributed by atoms with Gasteiger partial charge in [0.25, 0.3) is 10.0 Å². The van der Waals surface area contributed by atoms with Crippen molar-refractivity contribution in [1.82, 2.24) is 8.96 Å². The Balaban J connectivity index is 1.86. The number of carboxylic acids is 1. The molecule has 1 N–H and O–H groups in total. The first kappa shape index (κ1) is 19.1. The van der Waals surface area contributed by atoms with Gasteiger partial charge in [0.05, 0.1) is 15.9 Å². The lowest BCUT2D eigenvalue weighted by Gasteiger charge is -2.10. The van der Waals surface area contributed by atoms with E-state index in [-0.39, 0.29) is 16.4 Å². The Morgan fingerprint density at radius 3 is 2.42 bits per heavy atom. The van der Waals surface area contributed by atoms with Crippen LogP contribution in [-0.4, -0.2) is 28.5 Å². The average molecular weight is 432 g/mol. The number of aryl methyl sites for hydroxylation is 1. The Kier molecular flexibility index (Phi) is 4.19. The minimum absolute atomic E-state index is 0.172. The van der Waals surface area contributed by atoms with Gasteiger partial charge in [0.15, 0.2) is 5.76 Å². The molecule has 0 unspecified atom stereocenters. The number of hydrogen-bond donors (Lipinski definition) is 1. The maximum atomic E-state index is 13.6. The second kappa shape index (κ2) is 6.82. The minimum Gasteiger partial charge on any atom is -0.475 e. The van der Waals surface area contributed by atoms with Crippen molar-refractivity contribution in [3.05, 3.63) is 84.3 Å². The molecular weight excluding hydrogens is 416 g/mol. The van der Waals surface area contributed by atoms with Gasteiger partial charge in [-0.15, -0.1) is 0 Å². The molecule has 0 radical (unpaired) electrons. The molecule has 5 rings (SSSR count). The molecule has 0 atom stereocenters. The second-order valence-corrected chi connectivity index (χ2v) is 8.91. The summed E-state index contributed by atoms with van der Waals surface area (Å²) in [6, 6.07) is 18.3. The Morgan fingerprint density at radius 2 is 1.71 bits per heavy atom. The number of para-hydroxylation sites is 1. The highest BCUT2D eigenvalue weighted by Crippen LogP contribution is 2.37. The number of furan rings is 1. The van der Waals surface area contributed by atoms with Gasteiger partial charge in [-0.25, -0.2) is 17.2 Å². The molecule has 154 valence electrons. The third-order valence-electron chi connectivity index (χ3n) is 5.15. The molecule has 3 aromatic heterocycles. The van der Waals surface area contributed by atoms with Gasteiger partial charge >= 0.3 is 5.97 Å². The number of hydrogen-bond acceptors (Lipinski definition) is 5. The number of nitrogens with zero attached hydrogens (tertiary/aromatic N) is 2. The molecule has 0 fully saturated rings. The number of aromatic nitrogens is 2. The van der Waals surface area contributed by atoms with Crippen LogP contribution in [0.15, 0.2) is 82.2 Å². The summed E-state index contributed by atoms with van der Waals surface area (Å²) in [5.41, 5.74) is 2.26. The maximum absolute atomic E-state index is 13.6. The van der Waals surface area contributed by atoms with Gasteiger partial charge in [0.1, 0.15) is 5.69 Å². The number of fused-ring (bicyclic) bond motifs is 3. The fourth-order valence-electron chi connectivity index (χ4n) is 3.72. The van der Waals surface area contributed by atoms with Crippen LogP contribution in [0.2, 0.25) is 0 Å². The zero-order chi connectivity index (χ0) is 21.8. The first-order valence-electron chi connectivity index (χ1n) is 9.42. The fraction of sp³-hybridized carbons (Fsp3) is 0.0435. The Morgan fingerprint density at radius 1 is 0.968 bits per heavy atom. The summed E-state index contributed by atoms with van der Waals surface area (Å²) in [7, 11) is -3.91. The van der Waals surface area contributed by atoms with Gasteiger partial charge in [0, 0.05) is 17.0 Å². The normalized spacial score (nSPS) is 11.9. The molecule has 0 bridgehead atoms. The van der Waals surface area contributed by atoms with E-state index in [9.17, 15) is 18.3 Å². The molecule has 0 aliphatic rings. The van der Waals surface area contributed by atoms with Crippen LogP contribution in [0.1, 0.15) is 16.1 Å². The summed E-state index contributed by atoms with van der Waals surface area (Å²) in [6.45, 7) is 1.89. The van der Waals surface area contributed by atoms with E-state index in [4.69, 9.17) is 4.42 Å². The SMILES string of the molecule is Cc1ccc(S(=O)(=O)n2c3ccccc3c3c(-c4ccc(C(=O)O)o4)nccc32)cc1. The van der Waals surface area contributed by atoms with Crippen molar-refractivity contribution < 1.29 is 22.7 Å². The van der Waals surface area contributed by atoms with E-state index in [1.54, 1.807) is 42.5 Å². The average Bonchev–Trinajstić information content (AvgIpc) is 3.37. The van der Waals surface area contributed by atoms with Crippen LogP contribution in [0, 0.1) is 6.92 Å². The fourth-order valence-corrected chi connectivity index (χ4v) is 5.24. The van der Waals surface area contributed by atoms with Crippen molar-refractivity contribution in [1.29, 1.82) is 0 Å². The van der Waals surface area contributed by atoms with Crippen molar-refractivity contribution in [3.8, 4) is 11.5 Å². The van der Waals surface area contributed by atoms with Crippen LogP contribution in [-0.2, 0) is 10.0 Å². The van der Waals surface area contributed by atoms with E-state index in [0.29, 0.717) is 27.5 Å². The molecule has 5 aromatic rings. The van der Waals surface area contributed by atoms with Gasteiger partial charge in [-0.3, -0.25) is 4.98 Å². The quantitative estimate of drug-likeness (QED) is 0.442. The lowest BCUT2D eigenvalue weighted by Crippen LogP contribution is -2.12. The van der Waals surface area contributed by atoms with Crippen molar-refractivity contribution in [2.24, 2.45) is 0 Å². The predicted octanol–water partition coefficient (Wildman–Crippen LogP) is 4.69. The van der Waals surface area contributed by atoms with Crippen LogP contribution in [0.4, 0.5) is 0 Å². The lowest BCUT2D eigenvalue weighted by atomic mass is 10.1. The predicted molar refractivity (Wildman–Crippen MR) is 116 cm³/mol. The zero-order valence-electron chi connectivity index (χ0n) is 16.3. The highest BCUT2D eigenvalue weighted by Gasteiger charge is 2.26. The van der Waals surface area contributed by atoms with Gasteiger partial charge in [-0.2, -0.15) is 0 Å². The zero-order valence-corrected chi connectivity index (χ0v) is 17.1.